The molecule has 0 fully saturated rings. The number of methoxy groups -OCH3 is 1. The fourth-order valence-corrected chi connectivity index (χ4v) is 1.08. The first-order valence-electron chi connectivity index (χ1n) is 4.36. The van der Waals surface area contributed by atoms with E-state index in [4.69, 9.17) is 20.3 Å². The molecule has 0 bridgehead atoms. The molecule has 0 radical (unpaired) electrons. The first kappa shape index (κ1) is 11.3. The van der Waals surface area contributed by atoms with Crippen molar-refractivity contribution in [2.45, 2.75) is 6.61 Å². The van der Waals surface area contributed by atoms with Crippen molar-refractivity contribution in [1.29, 1.82) is 0 Å². The predicted molar refractivity (Wildman–Crippen MR) is 53.6 cm³/mol. The molecule has 1 aromatic carbocycles. The molecule has 0 saturated carbocycles. The third-order valence-electron chi connectivity index (χ3n) is 1.78. The molecule has 3 N–H and O–H groups in total. The van der Waals surface area contributed by atoms with Gasteiger partial charge < -0.3 is 20.3 Å². The lowest BCUT2D eigenvalue weighted by Crippen LogP contribution is -2.20. The van der Waals surface area contributed by atoms with Crippen LogP contribution in [0.5, 0.6) is 11.5 Å². The molecule has 0 spiro atoms. The van der Waals surface area contributed by atoms with Crippen LogP contribution in [0.25, 0.3) is 0 Å². The van der Waals surface area contributed by atoms with E-state index in [2.05, 4.69) is 0 Å². The Bertz CT molecular complexity index is 351. The van der Waals surface area contributed by atoms with Crippen molar-refractivity contribution in [1.82, 2.24) is 0 Å². The van der Waals surface area contributed by atoms with Gasteiger partial charge in [-0.3, -0.25) is 4.79 Å². The Kier molecular flexibility index (Phi) is 3.93. The van der Waals surface area contributed by atoms with Crippen molar-refractivity contribution < 1.29 is 19.4 Å². The first-order valence-corrected chi connectivity index (χ1v) is 4.36. The number of primary amides is 1. The molecule has 1 amide bonds. The van der Waals surface area contributed by atoms with Crippen molar-refractivity contribution >= 4 is 5.91 Å². The summed E-state index contributed by atoms with van der Waals surface area (Å²) in [6, 6.07) is 4.93. The lowest BCUT2D eigenvalue weighted by Gasteiger charge is -2.10. The quantitative estimate of drug-likeness (QED) is 0.721. The van der Waals surface area contributed by atoms with Crippen LogP contribution in [0.3, 0.4) is 0 Å². The molecule has 0 aliphatic heterocycles. The minimum absolute atomic E-state index is 0.0769. The number of benzene rings is 1. The summed E-state index contributed by atoms with van der Waals surface area (Å²) < 4.78 is 10.1. The molecule has 0 aliphatic rings. The highest BCUT2D eigenvalue weighted by molar-refractivity contribution is 5.75. The number of aliphatic hydroxyl groups excluding tert-OH is 1. The van der Waals surface area contributed by atoms with Gasteiger partial charge in [-0.15, -0.1) is 0 Å². The summed E-state index contributed by atoms with van der Waals surface area (Å²) in [5.41, 5.74) is 5.65. The lowest BCUT2D eigenvalue weighted by molar-refractivity contribution is -0.119. The van der Waals surface area contributed by atoms with Crippen molar-refractivity contribution in [2.24, 2.45) is 5.73 Å². The van der Waals surface area contributed by atoms with E-state index in [1.165, 1.54) is 7.11 Å². The molecule has 0 unspecified atom stereocenters. The number of ether oxygens (including phenoxy) is 2. The summed E-state index contributed by atoms with van der Waals surface area (Å²) in [7, 11) is 1.48. The highest BCUT2D eigenvalue weighted by Crippen LogP contribution is 2.27. The van der Waals surface area contributed by atoms with Crippen LogP contribution >= 0.6 is 0 Å². The van der Waals surface area contributed by atoms with Gasteiger partial charge in [-0.2, -0.15) is 0 Å². The minimum Gasteiger partial charge on any atom is -0.493 e. The molecular formula is C10H13NO4. The largest absolute Gasteiger partial charge is 0.493 e. The maximum Gasteiger partial charge on any atom is 0.255 e. The van der Waals surface area contributed by atoms with Crippen molar-refractivity contribution in [3.05, 3.63) is 23.8 Å². The molecule has 5 nitrogen and oxygen atoms in total. The van der Waals surface area contributed by atoms with Crippen LogP contribution in [0.15, 0.2) is 18.2 Å². The smallest absolute Gasteiger partial charge is 0.255 e. The van der Waals surface area contributed by atoms with Gasteiger partial charge in [0.05, 0.1) is 13.7 Å². The number of hydrogen-bond acceptors (Lipinski definition) is 4. The maximum absolute atomic E-state index is 10.5. The summed E-state index contributed by atoms with van der Waals surface area (Å²) in [4.78, 5) is 10.5. The SMILES string of the molecule is COc1cc(CO)ccc1OCC(N)=O. The zero-order valence-corrected chi connectivity index (χ0v) is 8.40. The van der Waals surface area contributed by atoms with E-state index in [1.54, 1.807) is 18.2 Å². The van der Waals surface area contributed by atoms with Crippen molar-refractivity contribution in [3.63, 3.8) is 0 Å². The Morgan fingerprint density at radius 1 is 1.47 bits per heavy atom. The molecule has 1 rings (SSSR count). The Balaban J connectivity index is 2.82. The predicted octanol–water partition coefficient (Wildman–Crippen LogP) is 0.0516. The fraction of sp³-hybridized carbons (Fsp3) is 0.300. The monoisotopic (exact) mass is 211 g/mol. The number of carbonyl (C=O) groups is 1. The summed E-state index contributed by atoms with van der Waals surface area (Å²) >= 11 is 0. The number of nitrogens with two attached hydrogens (primary N) is 1. The Hall–Kier alpha value is -1.75. The molecule has 0 heterocycles. The zero-order chi connectivity index (χ0) is 11.3. The number of aliphatic hydroxyl groups is 1. The molecule has 0 atom stereocenters. The number of carbonyl (C=O) groups excluding carboxylic acids is 1. The average molecular weight is 211 g/mol. The van der Waals surface area contributed by atoms with Crippen LogP contribution < -0.4 is 15.2 Å². The van der Waals surface area contributed by atoms with E-state index in [0.717, 1.165) is 0 Å². The van der Waals surface area contributed by atoms with Crippen LogP contribution in [0.2, 0.25) is 0 Å². The summed E-state index contributed by atoms with van der Waals surface area (Å²) in [6.45, 7) is -0.276. The van der Waals surface area contributed by atoms with E-state index in [0.29, 0.717) is 17.1 Å². The molecule has 0 aliphatic carbocycles. The van der Waals surface area contributed by atoms with E-state index < -0.39 is 5.91 Å². The Morgan fingerprint density at radius 2 is 2.20 bits per heavy atom. The lowest BCUT2D eigenvalue weighted by atomic mass is 10.2. The Labute approximate surface area is 87.4 Å². The van der Waals surface area contributed by atoms with Crippen LogP contribution in [0.4, 0.5) is 0 Å². The van der Waals surface area contributed by atoms with Gasteiger partial charge in [0.15, 0.2) is 18.1 Å². The molecular weight excluding hydrogens is 198 g/mol. The Morgan fingerprint density at radius 3 is 2.73 bits per heavy atom. The standard InChI is InChI=1S/C10H13NO4/c1-14-9-4-7(5-12)2-3-8(9)15-6-10(11)13/h2-4,12H,5-6H2,1H3,(H2,11,13). The second kappa shape index (κ2) is 5.21. The molecule has 0 saturated heterocycles. The van der Waals surface area contributed by atoms with E-state index in [9.17, 15) is 4.79 Å². The van der Waals surface area contributed by atoms with E-state index >= 15 is 0 Å². The first-order chi connectivity index (χ1) is 7.17. The molecule has 0 aromatic heterocycles. The number of amides is 1. The number of rotatable bonds is 5. The van der Waals surface area contributed by atoms with E-state index in [-0.39, 0.29) is 13.2 Å². The van der Waals surface area contributed by atoms with Gasteiger partial charge in [0.1, 0.15) is 0 Å². The summed E-state index contributed by atoms with van der Waals surface area (Å²) in [5.74, 6) is 0.333. The van der Waals surface area contributed by atoms with Crippen molar-refractivity contribution in [3.8, 4) is 11.5 Å². The van der Waals surface area contributed by atoms with Crippen molar-refractivity contribution in [2.75, 3.05) is 13.7 Å². The zero-order valence-electron chi connectivity index (χ0n) is 8.40. The number of hydrogen-bond donors (Lipinski definition) is 2. The highest BCUT2D eigenvalue weighted by atomic mass is 16.5. The third-order valence-corrected chi connectivity index (χ3v) is 1.78. The highest BCUT2D eigenvalue weighted by Gasteiger charge is 2.06. The van der Waals surface area contributed by atoms with Crippen LogP contribution in [0, 0.1) is 0 Å². The second-order valence-corrected chi connectivity index (χ2v) is 2.90. The van der Waals surface area contributed by atoms with Gasteiger partial charge in [0.2, 0.25) is 0 Å². The molecule has 1 aromatic rings. The minimum atomic E-state index is -0.553. The van der Waals surface area contributed by atoms with Crippen LogP contribution in [-0.4, -0.2) is 24.7 Å². The van der Waals surface area contributed by atoms with Gasteiger partial charge in [0.25, 0.3) is 5.91 Å². The van der Waals surface area contributed by atoms with Gasteiger partial charge in [0, 0.05) is 0 Å². The second-order valence-electron chi connectivity index (χ2n) is 2.90. The average Bonchev–Trinajstić information content (AvgIpc) is 2.25. The van der Waals surface area contributed by atoms with E-state index in [1.807, 2.05) is 0 Å². The third kappa shape index (κ3) is 3.14. The maximum atomic E-state index is 10.5. The van der Waals surface area contributed by atoms with Gasteiger partial charge in [-0.1, -0.05) is 6.07 Å². The fourth-order valence-electron chi connectivity index (χ4n) is 1.08. The van der Waals surface area contributed by atoms with Gasteiger partial charge in [-0.25, -0.2) is 0 Å². The summed E-state index contributed by atoms with van der Waals surface area (Å²) in [5, 5.41) is 8.90. The van der Waals surface area contributed by atoms with Crippen LogP contribution in [-0.2, 0) is 11.4 Å². The topological polar surface area (TPSA) is 81.8 Å². The normalized spacial score (nSPS) is 9.73. The van der Waals surface area contributed by atoms with Crippen LogP contribution in [0.1, 0.15) is 5.56 Å². The van der Waals surface area contributed by atoms with Gasteiger partial charge in [-0.05, 0) is 17.7 Å². The van der Waals surface area contributed by atoms with Gasteiger partial charge >= 0.3 is 0 Å². The summed E-state index contributed by atoms with van der Waals surface area (Å²) in [6.07, 6.45) is 0. The molecule has 82 valence electrons. The molecule has 5 heteroatoms. The molecule has 15 heavy (non-hydrogen) atoms.